The fourth-order valence-corrected chi connectivity index (χ4v) is 2.86. The van der Waals surface area contributed by atoms with Gasteiger partial charge in [0.05, 0.1) is 0 Å². The van der Waals surface area contributed by atoms with Crippen molar-refractivity contribution in [3.8, 4) is 11.4 Å². The fraction of sp³-hybridized carbons (Fsp3) is 0.471. The first-order valence-corrected chi connectivity index (χ1v) is 8.47. The SMILES string of the molecule is CC(Oc1cc(-n2nc(C3CCC3)n(C)c2=O)c(F)cc1C(=O)O)C(F)(F)F. The molecule has 0 aliphatic heterocycles. The van der Waals surface area contributed by atoms with Crippen molar-refractivity contribution in [2.24, 2.45) is 7.05 Å². The average molecular weight is 403 g/mol. The molecule has 152 valence electrons. The van der Waals surface area contributed by atoms with Crippen molar-refractivity contribution in [3.05, 3.63) is 39.8 Å². The van der Waals surface area contributed by atoms with Gasteiger partial charge in [-0.25, -0.2) is 14.0 Å². The van der Waals surface area contributed by atoms with Crippen molar-refractivity contribution in [2.75, 3.05) is 0 Å². The van der Waals surface area contributed by atoms with Crippen LogP contribution in [0.15, 0.2) is 16.9 Å². The topological polar surface area (TPSA) is 86.4 Å². The average Bonchev–Trinajstić information content (AvgIpc) is 2.82. The molecule has 1 fully saturated rings. The van der Waals surface area contributed by atoms with Crippen molar-refractivity contribution >= 4 is 5.97 Å². The van der Waals surface area contributed by atoms with E-state index in [1.165, 1.54) is 11.6 Å². The minimum Gasteiger partial charge on any atom is -0.480 e. The van der Waals surface area contributed by atoms with Gasteiger partial charge in [0.25, 0.3) is 0 Å². The summed E-state index contributed by atoms with van der Waals surface area (Å²) >= 11 is 0. The molecular weight excluding hydrogens is 386 g/mol. The largest absolute Gasteiger partial charge is 0.480 e. The Morgan fingerprint density at radius 1 is 1.36 bits per heavy atom. The Hall–Kier alpha value is -2.85. The normalized spacial score (nSPS) is 15.9. The molecule has 1 aliphatic rings. The molecule has 1 heterocycles. The van der Waals surface area contributed by atoms with Gasteiger partial charge in [-0.2, -0.15) is 17.9 Å². The second-order valence-electron chi connectivity index (χ2n) is 6.65. The van der Waals surface area contributed by atoms with Crippen LogP contribution in [-0.2, 0) is 7.05 Å². The summed E-state index contributed by atoms with van der Waals surface area (Å²) in [7, 11) is 1.46. The highest BCUT2D eigenvalue weighted by atomic mass is 19.4. The van der Waals surface area contributed by atoms with E-state index in [4.69, 9.17) is 9.84 Å². The summed E-state index contributed by atoms with van der Waals surface area (Å²) in [6.07, 6.45) is -4.48. The molecule has 2 aromatic rings. The highest BCUT2D eigenvalue weighted by Gasteiger charge is 2.39. The van der Waals surface area contributed by atoms with Crippen LogP contribution < -0.4 is 10.4 Å². The zero-order chi connectivity index (χ0) is 20.8. The standard InChI is InChI=1S/C17H17F4N3O4/c1-8(17(19,20)21)28-13-7-12(11(18)6-10(13)15(25)26)24-16(27)23(2)14(22-24)9-4-3-5-9/h6-9H,3-5H2,1-2H3,(H,25,26). The molecule has 1 aromatic heterocycles. The van der Waals surface area contributed by atoms with Gasteiger partial charge in [0.15, 0.2) is 6.10 Å². The van der Waals surface area contributed by atoms with Crippen LogP contribution in [0.1, 0.15) is 48.3 Å². The third-order valence-electron chi connectivity index (χ3n) is 4.76. The maximum Gasteiger partial charge on any atom is 0.425 e. The number of alkyl halides is 3. The van der Waals surface area contributed by atoms with E-state index in [2.05, 4.69) is 5.10 Å². The van der Waals surface area contributed by atoms with E-state index in [1.54, 1.807) is 0 Å². The Bertz CT molecular complexity index is 976. The lowest BCUT2D eigenvalue weighted by Crippen LogP contribution is -2.32. The maximum atomic E-state index is 14.5. The van der Waals surface area contributed by atoms with Crippen molar-refractivity contribution in [1.82, 2.24) is 14.3 Å². The van der Waals surface area contributed by atoms with E-state index in [0.717, 1.165) is 25.3 Å². The molecular formula is C17H17F4N3O4. The quantitative estimate of drug-likeness (QED) is 0.776. The van der Waals surface area contributed by atoms with Crippen LogP contribution in [0.3, 0.4) is 0 Å². The Morgan fingerprint density at radius 2 is 2.00 bits per heavy atom. The molecule has 0 amide bonds. The van der Waals surface area contributed by atoms with Gasteiger partial charge < -0.3 is 9.84 Å². The smallest absolute Gasteiger partial charge is 0.425 e. The van der Waals surface area contributed by atoms with E-state index in [-0.39, 0.29) is 5.92 Å². The number of ether oxygens (including phenoxy) is 1. The second kappa shape index (κ2) is 6.95. The van der Waals surface area contributed by atoms with E-state index < -0.39 is 46.8 Å². The predicted octanol–water partition coefficient (Wildman–Crippen LogP) is 3.01. The molecule has 1 aliphatic carbocycles. The third-order valence-corrected chi connectivity index (χ3v) is 4.76. The lowest BCUT2D eigenvalue weighted by Gasteiger charge is -2.23. The highest BCUT2D eigenvalue weighted by Crippen LogP contribution is 2.35. The predicted molar refractivity (Wildman–Crippen MR) is 88.5 cm³/mol. The first-order chi connectivity index (χ1) is 13.0. The number of rotatable bonds is 5. The summed E-state index contributed by atoms with van der Waals surface area (Å²) in [5, 5.41) is 13.3. The molecule has 1 saturated carbocycles. The number of hydrogen-bond acceptors (Lipinski definition) is 4. The van der Waals surface area contributed by atoms with E-state index in [0.29, 0.717) is 23.5 Å². The lowest BCUT2D eigenvalue weighted by molar-refractivity contribution is -0.189. The van der Waals surface area contributed by atoms with Gasteiger partial charge in [-0.15, -0.1) is 5.10 Å². The van der Waals surface area contributed by atoms with Crippen LogP contribution in [0, 0.1) is 5.82 Å². The molecule has 11 heteroatoms. The summed E-state index contributed by atoms with van der Waals surface area (Å²) in [6.45, 7) is 0.691. The number of nitrogens with zero attached hydrogens (tertiary/aromatic N) is 3. The van der Waals surface area contributed by atoms with Gasteiger partial charge in [0, 0.05) is 19.0 Å². The maximum absolute atomic E-state index is 14.5. The van der Waals surface area contributed by atoms with Gasteiger partial charge in [0.2, 0.25) is 0 Å². The number of halogens is 4. The van der Waals surface area contributed by atoms with E-state index >= 15 is 0 Å². The molecule has 0 radical (unpaired) electrons. The Morgan fingerprint density at radius 3 is 2.50 bits per heavy atom. The molecule has 1 aromatic carbocycles. The van der Waals surface area contributed by atoms with Gasteiger partial charge in [-0.3, -0.25) is 4.57 Å². The third kappa shape index (κ3) is 3.48. The number of carboxylic acid groups (broad SMARTS) is 1. The summed E-state index contributed by atoms with van der Waals surface area (Å²) in [5.41, 5.74) is -1.97. The molecule has 1 atom stereocenters. The number of hydrogen-bond donors (Lipinski definition) is 1. The van der Waals surface area contributed by atoms with Gasteiger partial charge in [0.1, 0.15) is 28.6 Å². The first-order valence-electron chi connectivity index (χ1n) is 8.47. The van der Waals surface area contributed by atoms with Gasteiger partial charge >= 0.3 is 17.8 Å². The zero-order valence-electron chi connectivity index (χ0n) is 15.0. The molecule has 28 heavy (non-hydrogen) atoms. The van der Waals surface area contributed by atoms with Gasteiger partial charge in [-0.1, -0.05) is 6.42 Å². The van der Waals surface area contributed by atoms with Crippen molar-refractivity contribution in [1.29, 1.82) is 0 Å². The fourth-order valence-electron chi connectivity index (χ4n) is 2.86. The molecule has 0 spiro atoms. The zero-order valence-corrected chi connectivity index (χ0v) is 15.0. The van der Waals surface area contributed by atoms with Gasteiger partial charge in [-0.05, 0) is 25.8 Å². The molecule has 3 rings (SSSR count). The van der Waals surface area contributed by atoms with Crippen molar-refractivity contribution in [3.63, 3.8) is 0 Å². The summed E-state index contributed by atoms with van der Waals surface area (Å²) in [5.74, 6) is -3.02. The molecule has 0 saturated heterocycles. The monoisotopic (exact) mass is 403 g/mol. The molecule has 7 nitrogen and oxygen atoms in total. The minimum atomic E-state index is -4.76. The number of benzene rings is 1. The van der Waals surface area contributed by atoms with E-state index in [9.17, 15) is 27.2 Å². The van der Waals surface area contributed by atoms with Crippen LogP contribution in [0.2, 0.25) is 0 Å². The highest BCUT2D eigenvalue weighted by molar-refractivity contribution is 5.91. The van der Waals surface area contributed by atoms with Crippen LogP contribution in [0.25, 0.3) is 5.69 Å². The summed E-state index contributed by atoms with van der Waals surface area (Å²) < 4.78 is 59.6. The Kier molecular flexibility index (Phi) is 4.94. The first kappa shape index (κ1) is 19.9. The summed E-state index contributed by atoms with van der Waals surface area (Å²) in [6, 6.07) is 1.26. The van der Waals surface area contributed by atoms with Crippen LogP contribution in [-0.4, -0.2) is 37.7 Å². The summed E-state index contributed by atoms with van der Waals surface area (Å²) in [4.78, 5) is 23.8. The molecule has 1 N–H and O–H groups in total. The second-order valence-corrected chi connectivity index (χ2v) is 6.65. The molecule has 1 unspecified atom stereocenters. The van der Waals surface area contributed by atoms with E-state index in [1.807, 2.05) is 0 Å². The minimum absolute atomic E-state index is 0.0428. The lowest BCUT2D eigenvalue weighted by atomic mass is 9.85. The Balaban J connectivity index is 2.11. The number of aromatic carboxylic acids is 1. The number of aromatic nitrogens is 3. The molecule has 0 bridgehead atoms. The van der Waals surface area contributed by atoms with Crippen LogP contribution in [0.5, 0.6) is 5.75 Å². The number of carbonyl (C=O) groups is 1. The van der Waals surface area contributed by atoms with Crippen molar-refractivity contribution in [2.45, 2.75) is 44.4 Å². The van der Waals surface area contributed by atoms with Crippen LogP contribution in [0.4, 0.5) is 17.6 Å². The van der Waals surface area contributed by atoms with Crippen molar-refractivity contribution < 1.29 is 32.2 Å². The number of carboxylic acids is 1. The van der Waals surface area contributed by atoms with Crippen LogP contribution >= 0.6 is 0 Å². The Labute approximate surface area is 156 Å².